The Balaban J connectivity index is 1.99. The minimum absolute atomic E-state index is 0.0628. The molecule has 0 aliphatic carbocycles. The molecule has 0 spiro atoms. The predicted molar refractivity (Wildman–Crippen MR) is 113 cm³/mol. The molecule has 5 N–H and O–H groups in total. The van der Waals surface area contributed by atoms with Crippen molar-refractivity contribution < 1.29 is 22.7 Å². The summed E-state index contributed by atoms with van der Waals surface area (Å²) in [6, 6.07) is 11.5. The molecule has 0 bridgehead atoms. The quantitative estimate of drug-likeness (QED) is 0.298. The summed E-state index contributed by atoms with van der Waals surface area (Å²) in [7, 11) is -3.93. The number of benzene rings is 2. The van der Waals surface area contributed by atoms with Crippen LogP contribution in [0.4, 0.5) is 5.69 Å². The van der Waals surface area contributed by atoms with Gasteiger partial charge >= 0.3 is 5.97 Å². The third-order valence-corrected chi connectivity index (χ3v) is 5.10. The zero-order chi connectivity index (χ0) is 22.5. The highest BCUT2D eigenvalue weighted by Gasteiger charge is 2.19. The van der Waals surface area contributed by atoms with Gasteiger partial charge in [-0.15, -0.1) is 0 Å². The van der Waals surface area contributed by atoms with E-state index in [-0.39, 0.29) is 16.3 Å². The molecule has 0 saturated heterocycles. The van der Waals surface area contributed by atoms with Crippen LogP contribution in [0.1, 0.15) is 36.7 Å². The highest BCUT2D eigenvalue weighted by molar-refractivity contribution is 7.89. The van der Waals surface area contributed by atoms with Crippen LogP contribution in [0.25, 0.3) is 0 Å². The van der Waals surface area contributed by atoms with E-state index in [9.17, 15) is 18.0 Å². The molecule has 9 nitrogen and oxygen atoms in total. The molecule has 0 aromatic heterocycles. The summed E-state index contributed by atoms with van der Waals surface area (Å²) >= 11 is 0. The lowest BCUT2D eigenvalue weighted by Crippen LogP contribution is -2.33. The van der Waals surface area contributed by atoms with Crippen molar-refractivity contribution in [3.05, 3.63) is 59.7 Å². The van der Waals surface area contributed by atoms with E-state index in [0.717, 1.165) is 0 Å². The highest BCUT2D eigenvalue weighted by atomic mass is 32.2. The Kier molecular flexibility index (Phi) is 6.96. The van der Waals surface area contributed by atoms with Crippen molar-refractivity contribution in [3.63, 3.8) is 0 Å². The van der Waals surface area contributed by atoms with Gasteiger partial charge in [0.1, 0.15) is 11.4 Å². The SMILES string of the molecule is CC(C)(C)OC(=O)c1cccc(NC(=O)CNS(=O)(=O)c2ccc(C(=N)N)cc2)c1. The van der Waals surface area contributed by atoms with Crippen molar-refractivity contribution in [2.24, 2.45) is 5.73 Å². The van der Waals surface area contributed by atoms with Gasteiger partial charge in [0.25, 0.3) is 0 Å². The molecule has 0 atom stereocenters. The van der Waals surface area contributed by atoms with Crippen LogP contribution >= 0.6 is 0 Å². The number of amidine groups is 1. The zero-order valence-electron chi connectivity index (χ0n) is 16.9. The van der Waals surface area contributed by atoms with Crippen LogP contribution in [0.15, 0.2) is 53.4 Å². The minimum Gasteiger partial charge on any atom is -0.456 e. The molecule has 0 unspecified atom stereocenters. The van der Waals surface area contributed by atoms with Gasteiger partial charge in [-0.25, -0.2) is 17.9 Å². The first-order valence-corrected chi connectivity index (χ1v) is 10.4. The Morgan fingerprint density at radius 2 is 1.70 bits per heavy atom. The maximum absolute atomic E-state index is 12.3. The number of ether oxygens (including phenoxy) is 1. The second-order valence-electron chi connectivity index (χ2n) is 7.39. The Bertz CT molecular complexity index is 1060. The number of nitrogen functional groups attached to an aromatic ring is 1. The summed E-state index contributed by atoms with van der Waals surface area (Å²) in [6.07, 6.45) is 0. The normalized spacial score (nSPS) is 11.6. The maximum atomic E-state index is 12.3. The van der Waals surface area contributed by atoms with Crippen LogP contribution in [0, 0.1) is 5.41 Å². The topological polar surface area (TPSA) is 151 Å². The molecule has 0 aliphatic heterocycles. The number of sulfonamides is 1. The molecule has 0 saturated carbocycles. The smallest absolute Gasteiger partial charge is 0.338 e. The molecule has 30 heavy (non-hydrogen) atoms. The summed E-state index contributed by atoms with van der Waals surface area (Å²) in [5.74, 6) is -1.33. The number of anilines is 1. The van der Waals surface area contributed by atoms with E-state index < -0.39 is 34.0 Å². The summed E-state index contributed by atoms with van der Waals surface area (Å²) in [5, 5.41) is 9.85. The molecule has 10 heteroatoms. The third kappa shape index (κ3) is 6.68. The van der Waals surface area contributed by atoms with Gasteiger partial charge < -0.3 is 15.8 Å². The molecule has 0 fully saturated rings. The molecule has 2 rings (SSSR count). The van der Waals surface area contributed by atoms with E-state index in [1.165, 1.54) is 30.3 Å². The lowest BCUT2D eigenvalue weighted by molar-refractivity contribution is -0.115. The van der Waals surface area contributed by atoms with Crippen LogP contribution < -0.4 is 15.8 Å². The van der Waals surface area contributed by atoms with Crippen molar-refractivity contribution in [2.75, 3.05) is 11.9 Å². The number of rotatable bonds is 7. The summed E-state index contributed by atoms with van der Waals surface area (Å²) < 4.78 is 32.1. The fourth-order valence-electron chi connectivity index (χ4n) is 2.32. The first kappa shape index (κ1) is 23.0. The maximum Gasteiger partial charge on any atom is 0.338 e. The molecule has 0 radical (unpaired) electrons. The molecule has 160 valence electrons. The van der Waals surface area contributed by atoms with Gasteiger partial charge in [-0.3, -0.25) is 10.2 Å². The van der Waals surface area contributed by atoms with Crippen LogP contribution in [-0.2, 0) is 19.6 Å². The van der Waals surface area contributed by atoms with E-state index >= 15 is 0 Å². The molecule has 2 aromatic rings. The second-order valence-corrected chi connectivity index (χ2v) is 9.16. The van der Waals surface area contributed by atoms with Gasteiger partial charge in [0.2, 0.25) is 15.9 Å². The van der Waals surface area contributed by atoms with Gasteiger partial charge in [0.05, 0.1) is 17.0 Å². The van der Waals surface area contributed by atoms with Gasteiger partial charge in [-0.2, -0.15) is 0 Å². The monoisotopic (exact) mass is 432 g/mol. The fourth-order valence-corrected chi connectivity index (χ4v) is 3.31. The van der Waals surface area contributed by atoms with E-state index in [2.05, 4.69) is 10.0 Å². The van der Waals surface area contributed by atoms with Crippen molar-refractivity contribution in [1.29, 1.82) is 5.41 Å². The summed E-state index contributed by atoms with van der Waals surface area (Å²) in [4.78, 5) is 24.2. The second kappa shape index (κ2) is 9.06. The molecule has 2 aromatic carbocycles. The van der Waals surface area contributed by atoms with Crippen molar-refractivity contribution in [3.8, 4) is 0 Å². The number of amides is 1. The summed E-state index contributed by atoms with van der Waals surface area (Å²) in [5.41, 5.74) is 5.66. The van der Waals surface area contributed by atoms with E-state index in [0.29, 0.717) is 11.3 Å². The Morgan fingerprint density at radius 3 is 2.27 bits per heavy atom. The number of carbonyl (C=O) groups excluding carboxylic acids is 2. The molecule has 0 heterocycles. The standard InChI is InChI=1S/C20H24N4O5S/c1-20(2,3)29-19(26)14-5-4-6-15(11-14)24-17(25)12-23-30(27,28)16-9-7-13(8-10-16)18(21)22/h4-11,23H,12H2,1-3H3,(H3,21,22)(H,24,25). The fraction of sp³-hybridized carbons (Fsp3) is 0.250. The van der Waals surface area contributed by atoms with E-state index in [1.807, 2.05) is 0 Å². The average molecular weight is 433 g/mol. The first-order chi connectivity index (χ1) is 13.9. The number of hydrogen-bond acceptors (Lipinski definition) is 6. The van der Waals surface area contributed by atoms with Crippen molar-refractivity contribution in [2.45, 2.75) is 31.3 Å². The number of hydrogen-bond donors (Lipinski definition) is 4. The van der Waals surface area contributed by atoms with E-state index in [1.54, 1.807) is 39.0 Å². The average Bonchev–Trinajstić information content (AvgIpc) is 2.65. The zero-order valence-corrected chi connectivity index (χ0v) is 17.7. The van der Waals surface area contributed by atoms with Crippen LogP contribution in [0.2, 0.25) is 0 Å². The number of esters is 1. The molecule has 0 aliphatic rings. The lowest BCUT2D eigenvalue weighted by atomic mass is 10.1. The third-order valence-electron chi connectivity index (χ3n) is 3.68. The van der Waals surface area contributed by atoms with Gasteiger partial charge in [-0.05, 0) is 63.2 Å². The minimum atomic E-state index is -3.93. The van der Waals surface area contributed by atoms with Gasteiger partial charge in [0.15, 0.2) is 0 Å². The molecule has 1 amide bonds. The van der Waals surface area contributed by atoms with Crippen molar-refractivity contribution >= 4 is 33.4 Å². The van der Waals surface area contributed by atoms with Gasteiger partial charge in [0, 0.05) is 11.3 Å². The molecular weight excluding hydrogens is 408 g/mol. The Labute approximate surface area is 175 Å². The highest BCUT2D eigenvalue weighted by Crippen LogP contribution is 2.16. The molecular formula is C20H24N4O5S. The van der Waals surface area contributed by atoms with Crippen LogP contribution in [-0.4, -0.2) is 38.3 Å². The van der Waals surface area contributed by atoms with Crippen LogP contribution in [0.3, 0.4) is 0 Å². The van der Waals surface area contributed by atoms with Crippen LogP contribution in [0.5, 0.6) is 0 Å². The van der Waals surface area contributed by atoms with Gasteiger partial charge in [-0.1, -0.05) is 6.07 Å². The number of nitrogens with two attached hydrogens (primary N) is 1. The predicted octanol–water partition coefficient (Wildman–Crippen LogP) is 1.84. The largest absolute Gasteiger partial charge is 0.456 e. The summed E-state index contributed by atoms with van der Waals surface area (Å²) in [6.45, 7) is 4.73. The Morgan fingerprint density at radius 1 is 1.07 bits per heavy atom. The van der Waals surface area contributed by atoms with Crippen molar-refractivity contribution in [1.82, 2.24) is 4.72 Å². The first-order valence-electron chi connectivity index (χ1n) is 8.95. The lowest BCUT2D eigenvalue weighted by Gasteiger charge is -2.19. The van der Waals surface area contributed by atoms with E-state index in [4.69, 9.17) is 15.9 Å². The number of nitrogens with one attached hydrogen (secondary N) is 3. The number of carbonyl (C=O) groups is 2. The Hall–Kier alpha value is -3.24.